The molecule has 0 aliphatic carbocycles. The molecular weight excluding hydrogens is 303 g/mol. The summed E-state index contributed by atoms with van der Waals surface area (Å²) in [5.41, 5.74) is 0.937. The molecule has 2 rings (SSSR count). The third-order valence-electron chi connectivity index (χ3n) is 2.98. The molecule has 18 heavy (non-hydrogen) atoms. The number of hydrogen-bond donors (Lipinski definition) is 1. The molecule has 0 amide bonds. The van der Waals surface area contributed by atoms with Crippen molar-refractivity contribution in [2.24, 2.45) is 0 Å². The third-order valence-corrected chi connectivity index (χ3v) is 3.79. The maximum absolute atomic E-state index is 13.8. The minimum absolute atomic E-state index is 0.125. The van der Waals surface area contributed by atoms with Crippen molar-refractivity contribution in [1.82, 2.24) is 0 Å². The standard InChI is InChI=1S/C13H16BrFO3/c14-9-13(16)12(11(15)6-7-18-13)17-8-10-4-2-1-3-5-10/h1-5,11-12,16H,6-9H2. The minimum atomic E-state index is -1.59. The fourth-order valence-electron chi connectivity index (χ4n) is 1.97. The first-order chi connectivity index (χ1) is 8.65. The lowest BCUT2D eigenvalue weighted by atomic mass is 10.0. The average Bonchev–Trinajstić information content (AvgIpc) is 2.39. The summed E-state index contributed by atoms with van der Waals surface area (Å²) in [6.45, 7) is 0.457. The van der Waals surface area contributed by atoms with Gasteiger partial charge in [-0.3, -0.25) is 0 Å². The maximum atomic E-state index is 13.8. The zero-order valence-electron chi connectivity index (χ0n) is 9.89. The maximum Gasteiger partial charge on any atom is 0.205 e. The van der Waals surface area contributed by atoms with E-state index in [0.29, 0.717) is 0 Å². The Morgan fingerprint density at radius 3 is 2.83 bits per heavy atom. The Labute approximate surface area is 114 Å². The van der Waals surface area contributed by atoms with Gasteiger partial charge in [0.05, 0.1) is 18.5 Å². The number of benzene rings is 1. The Morgan fingerprint density at radius 2 is 2.17 bits per heavy atom. The van der Waals surface area contributed by atoms with Crippen LogP contribution in [0.25, 0.3) is 0 Å². The molecule has 1 N–H and O–H groups in total. The summed E-state index contributed by atoms with van der Waals surface area (Å²) < 4.78 is 24.6. The Hall–Kier alpha value is -0.490. The van der Waals surface area contributed by atoms with Gasteiger partial charge in [-0.15, -0.1) is 0 Å². The first-order valence-corrected chi connectivity index (χ1v) is 7.00. The summed E-state index contributed by atoms with van der Waals surface area (Å²) in [5.74, 6) is -1.59. The van der Waals surface area contributed by atoms with Crippen molar-refractivity contribution in [2.45, 2.75) is 31.1 Å². The van der Waals surface area contributed by atoms with Gasteiger partial charge in [0.15, 0.2) is 0 Å². The molecule has 1 saturated heterocycles. The van der Waals surface area contributed by atoms with Gasteiger partial charge in [0.2, 0.25) is 5.79 Å². The average molecular weight is 319 g/mol. The van der Waals surface area contributed by atoms with Crippen LogP contribution in [-0.2, 0) is 16.1 Å². The third kappa shape index (κ3) is 3.09. The summed E-state index contributed by atoms with van der Waals surface area (Å²) in [5, 5.41) is 10.3. The van der Waals surface area contributed by atoms with E-state index in [1.54, 1.807) is 0 Å². The molecule has 0 saturated carbocycles. The summed E-state index contributed by atoms with van der Waals surface area (Å²) in [4.78, 5) is 0. The molecule has 1 aliphatic rings. The number of rotatable bonds is 4. The summed E-state index contributed by atoms with van der Waals surface area (Å²) in [6, 6.07) is 9.47. The predicted molar refractivity (Wildman–Crippen MR) is 69.2 cm³/mol. The van der Waals surface area contributed by atoms with Crippen molar-refractivity contribution in [3.05, 3.63) is 35.9 Å². The van der Waals surface area contributed by atoms with Gasteiger partial charge in [0.25, 0.3) is 0 Å². The van der Waals surface area contributed by atoms with Crippen molar-refractivity contribution in [1.29, 1.82) is 0 Å². The second-order valence-corrected chi connectivity index (χ2v) is 4.91. The molecule has 1 fully saturated rings. The van der Waals surface area contributed by atoms with Crippen LogP contribution in [0.1, 0.15) is 12.0 Å². The highest BCUT2D eigenvalue weighted by atomic mass is 79.9. The fraction of sp³-hybridized carbons (Fsp3) is 0.538. The topological polar surface area (TPSA) is 38.7 Å². The molecule has 5 heteroatoms. The summed E-state index contributed by atoms with van der Waals surface area (Å²) >= 11 is 3.14. The second-order valence-electron chi connectivity index (χ2n) is 4.35. The number of alkyl halides is 2. The molecule has 3 unspecified atom stereocenters. The Bertz CT molecular complexity index is 376. The quantitative estimate of drug-likeness (QED) is 0.866. The Kier molecular flexibility index (Phi) is 4.72. The molecule has 0 aromatic heterocycles. The lowest BCUT2D eigenvalue weighted by Gasteiger charge is -2.40. The zero-order valence-corrected chi connectivity index (χ0v) is 11.5. The van der Waals surface area contributed by atoms with E-state index in [4.69, 9.17) is 9.47 Å². The zero-order chi connectivity index (χ0) is 13.0. The largest absolute Gasteiger partial charge is 0.365 e. The molecule has 3 nitrogen and oxygen atoms in total. The highest BCUT2D eigenvalue weighted by Gasteiger charge is 2.46. The molecule has 0 spiro atoms. The molecule has 3 atom stereocenters. The van der Waals surface area contributed by atoms with E-state index in [1.807, 2.05) is 30.3 Å². The summed E-state index contributed by atoms with van der Waals surface area (Å²) in [7, 11) is 0. The monoisotopic (exact) mass is 318 g/mol. The van der Waals surface area contributed by atoms with E-state index in [1.165, 1.54) is 0 Å². The fourth-order valence-corrected chi connectivity index (χ4v) is 2.45. The number of ether oxygens (including phenoxy) is 2. The second kappa shape index (κ2) is 6.10. The summed E-state index contributed by atoms with van der Waals surface area (Å²) in [6.07, 6.45) is -1.94. The van der Waals surface area contributed by atoms with Gasteiger partial charge >= 0.3 is 0 Å². The van der Waals surface area contributed by atoms with Gasteiger partial charge in [-0.05, 0) is 5.56 Å². The van der Waals surface area contributed by atoms with Gasteiger partial charge in [-0.1, -0.05) is 46.3 Å². The minimum Gasteiger partial charge on any atom is -0.365 e. The first-order valence-electron chi connectivity index (χ1n) is 5.87. The molecule has 1 aromatic rings. The van der Waals surface area contributed by atoms with Crippen molar-refractivity contribution in [2.75, 3.05) is 11.9 Å². The molecule has 1 aliphatic heterocycles. The van der Waals surface area contributed by atoms with Gasteiger partial charge in [0, 0.05) is 6.42 Å². The normalized spacial score (nSPS) is 32.4. The Balaban J connectivity index is 2.01. The lowest BCUT2D eigenvalue weighted by Crippen LogP contribution is -2.56. The van der Waals surface area contributed by atoms with E-state index >= 15 is 0 Å². The van der Waals surface area contributed by atoms with E-state index in [9.17, 15) is 9.50 Å². The van der Waals surface area contributed by atoms with E-state index in [2.05, 4.69) is 15.9 Å². The van der Waals surface area contributed by atoms with Crippen molar-refractivity contribution in [3.8, 4) is 0 Å². The van der Waals surface area contributed by atoms with Gasteiger partial charge in [-0.25, -0.2) is 4.39 Å². The van der Waals surface area contributed by atoms with Crippen LogP contribution in [0.4, 0.5) is 4.39 Å². The van der Waals surface area contributed by atoms with Crippen LogP contribution >= 0.6 is 15.9 Å². The predicted octanol–water partition coefficient (Wildman–Crippen LogP) is 2.41. The van der Waals surface area contributed by atoms with Crippen LogP contribution in [0, 0.1) is 0 Å². The van der Waals surface area contributed by atoms with Gasteiger partial charge in [0.1, 0.15) is 12.3 Å². The number of aliphatic hydroxyl groups is 1. The van der Waals surface area contributed by atoms with Crippen LogP contribution in [0.5, 0.6) is 0 Å². The highest BCUT2D eigenvalue weighted by Crippen LogP contribution is 2.30. The molecule has 1 heterocycles. The van der Waals surface area contributed by atoms with E-state index in [0.717, 1.165) is 5.56 Å². The first kappa shape index (κ1) is 13.9. The Morgan fingerprint density at radius 1 is 1.44 bits per heavy atom. The van der Waals surface area contributed by atoms with Crippen molar-refractivity contribution in [3.63, 3.8) is 0 Å². The van der Waals surface area contributed by atoms with E-state index in [-0.39, 0.29) is 25.0 Å². The van der Waals surface area contributed by atoms with Crippen molar-refractivity contribution >= 4 is 15.9 Å². The number of hydrogen-bond acceptors (Lipinski definition) is 3. The van der Waals surface area contributed by atoms with Crippen LogP contribution in [0.2, 0.25) is 0 Å². The van der Waals surface area contributed by atoms with Crippen LogP contribution < -0.4 is 0 Å². The molecule has 0 bridgehead atoms. The molecular formula is C13H16BrFO3. The van der Waals surface area contributed by atoms with Crippen LogP contribution in [0.15, 0.2) is 30.3 Å². The van der Waals surface area contributed by atoms with Crippen molar-refractivity contribution < 1.29 is 19.0 Å². The smallest absolute Gasteiger partial charge is 0.205 e. The SMILES string of the molecule is OC1(CBr)OCCC(F)C1OCc1ccccc1. The van der Waals surface area contributed by atoms with Crippen LogP contribution in [-0.4, -0.2) is 35.1 Å². The van der Waals surface area contributed by atoms with Crippen LogP contribution in [0.3, 0.4) is 0 Å². The van der Waals surface area contributed by atoms with Gasteiger partial charge in [-0.2, -0.15) is 0 Å². The molecule has 1 aromatic carbocycles. The van der Waals surface area contributed by atoms with E-state index < -0.39 is 18.1 Å². The number of halogens is 2. The molecule has 0 radical (unpaired) electrons. The van der Waals surface area contributed by atoms with Gasteiger partial charge < -0.3 is 14.6 Å². The molecule has 100 valence electrons. The lowest BCUT2D eigenvalue weighted by molar-refractivity contribution is -0.290. The highest BCUT2D eigenvalue weighted by molar-refractivity contribution is 9.09.